The van der Waals surface area contributed by atoms with E-state index in [2.05, 4.69) is 95.6 Å². The normalized spacial score (nSPS) is 11.6. The molecule has 0 spiro atoms. The summed E-state index contributed by atoms with van der Waals surface area (Å²) in [6, 6.07) is 62.3. The molecule has 0 aliphatic carbocycles. The van der Waals surface area contributed by atoms with Gasteiger partial charge in [-0.3, -0.25) is 4.98 Å². The van der Waals surface area contributed by atoms with Gasteiger partial charge in [-0.15, -0.1) is 0 Å². The summed E-state index contributed by atoms with van der Waals surface area (Å²) < 4.78 is 9.04. The van der Waals surface area contributed by atoms with Crippen molar-refractivity contribution >= 4 is 43.7 Å². The lowest BCUT2D eigenvalue weighted by Crippen LogP contribution is -2.02. The van der Waals surface area contributed by atoms with Gasteiger partial charge in [-0.2, -0.15) is 0 Å². The predicted octanol–water partition coefficient (Wildman–Crippen LogP) is 12.6. The lowest BCUT2D eigenvalue weighted by Gasteiger charge is -2.14. The fourth-order valence-electron chi connectivity index (χ4n) is 7.91. The number of aromatic nitrogens is 5. The molecule has 56 heavy (non-hydrogen) atoms. The van der Waals surface area contributed by atoms with Crippen LogP contribution in [0.4, 0.5) is 0 Å². The number of fused-ring (bicyclic) bond motifs is 6. The van der Waals surface area contributed by atoms with Crippen LogP contribution in [0.25, 0.3) is 106 Å². The van der Waals surface area contributed by atoms with E-state index in [-0.39, 0.29) is 0 Å². The van der Waals surface area contributed by atoms with Crippen LogP contribution in [0.15, 0.2) is 193 Å². The quantitative estimate of drug-likeness (QED) is 0.171. The largest absolute Gasteiger partial charge is 0.456 e. The molecule has 0 aliphatic heterocycles. The van der Waals surface area contributed by atoms with Gasteiger partial charge in [0.15, 0.2) is 17.5 Å². The first-order valence-corrected chi connectivity index (χ1v) is 18.6. The molecule has 7 aromatic carbocycles. The Morgan fingerprint density at radius 3 is 1.70 bits per heavy atom. The molecule has 0 atom stereocenters. The number of furan rings is 1. The smallest absolute Gasteiger partial charge is 0.166 e. The van der Waals surface area contributed by atoms with E-state index in [4.69, 9.17) is 24.4 Å². The van der Waals surface area contributed by atoms with Crippen LogP contribution in [0.2, 0.25) is 0 Å². The van der Waals surface area contributed by atoms with Crippen molar-refractivity contribution < 1.29 is 4.42 Å². The van der Waals surface area contributed by atoms with Crippen LogP contribution in [0, 0.1) is 0 Å². The number of rotatable bonds is 6. The van der Waals surface area contributed by atoms with Crippen LogP contribution in [-0.4, -0.2) is 24.5 Å². The summed E-state index contributed by atoms with van der Waals surface area (Å²) >= 11 is 0. The van der Waals surface area contributed by atoms with Crippen LogP contribution >= 0.6 is 0 Å². The number of para-hydroxylation sites is 2. The highest BCUT2D eigenvalue weighted by atomic mass is 16.3. The van der Waals surface area contributed by atoms with E-state index in [1.54, 1.807) is 0 Å². The molecule has 0 fully saturated rings. The van der Waals surface area contributed by atoms with Gasteiger partial charge >= 0.3 is 0 Å². The number of hydrogen-bond donors (Lipinski definition) is 0. The Morgan fingerprint density at radius 1 is 0.393 bits per heavy atom. The summed E-state index contributed by atoms with van der Waals surface area (Å²) in [6.07, 6.45) is 1.94. The molecule has 6 nitrogen and oxygen atoms in total. The highest BCUT2D eigenvalue weighted by Gasteiger charge is 2.23. The molecule has 262 valence electrons. The Labute approximate surface area is 322 Å². The first-order chi connectivity index (χ1) is 27.8. The van der Waals surface area contributed by atoms with Crippen molar-refractivity contribution in [3.8, 4) is 62.2 Å². The van der Waals surface area contributed by atoms with Crippen LogP contribution in [0.3, 0.4) is 0 Å². The average molecular weight is 718 g/mol. The monoisotopic (exact) mass is 717 g/mol. The molecule has 0 aliphatic rings. The molecule has 0 N–H and O–H groups in total. The summed E-state index contributed by atoms with van der Waals surface area (Å²) in [5, 5.41) is 4.30. The third kappa shape index (κ3) is 5.27. The topological polar surface area (TPSA) is 69.6 Å². The van der Waals surface area contributed by atoms with E-state index < -0.39 is 0 Å². The highest BCUT2D eigenvalue weighted by molar-refractivity contribution is 6.20. The van der Waals surface area contributed by atoms with E-state index in [0.29, 0.717) is 17.5 Å². The molecule has 0 saturated carbocycles. The number of hydrogen-bond acceptors (Lipinski definition) is 5. The van der Waals surface area contributed by atoms with E-state index >= 15 is 0 Å². The van der Waals surface area contributed by atoms with Crippen molar-refractivity contribution in [3.63, 3.8) is 0 Å². The fourth-order valence-corrected chi connectivity index (χ4v) is 7.91. The Hall–Kier alpha value is -7.70. The fraction of sp³-hybridized carbons (Fsp3) is 0. The van der Waals surface area contributed by atoms with E-state index in [1.807, 2.05) is 97.2 Å². The Balaban J connectivity index is 1.20. The predicted molar refractivity (Wildman–Crippen MR) is 226 cm³/mol. The molecule has 4 aromatic heterocycles. The summed E-state index contributed by atoms with van der Waals surface area (Å²) in [6.45, 7) is 0. The van der Waals surface area contributed by atoms with Gasteiger partial charge in [0, 0.05) is 61.2 Å². The van der Waals surface area contributed by atoms with E-state index in [1.165, 1.54) is 5.39 Å². The molecule has 0 unspecified atom stereocenters. The molecule has 11 aromatic rings. The third-order valence-electron chi connectivity index (χ3n) is 10.5. The molecule has 0 radical (unpaired) electrons. The van der Waals surface area contributed by atoms with Crippen molar-refractivity contribution in [2.45, 2.75) is 0 Å². The maximum atomic E-state index is 6.70. The molecule has 0 bridgehead atoms. The van der Waals surface area contributed by atoms with Crippen molar-refractivity contribution in [2.24, 2.45) is 0 Å². The van der Waals surface area contributed by atoms with Gasteiger partial charge in [-0.05, 0) is 48.0 Å². The Morgan fingerprint density at radius 2 is 1.00 bits per heavy atom. The second kappa shape index (κ2) is 13.0. The molecule has 11 rings (SSSR count). The van der Waals surface area contributed by atoms with Crippen LogP contribution in [-0.2, 0) is 0 Å². The van der Waals surface area contributed by atoms with E-state index in [9.17, 15) is 0 Å². The highest BCUT2D eigenvalue weighted by Crippen LogP contribution is 2.43. The van der Waals surface area contributed by atoms with Crippen LogP contribution in [0.5, 0.6) is 0 Å². The SMILES string of the molecule is c1ccc(-c2cnc(-c3cccc4oc5cc6c7ccccc7n(-c7ccccc7)c6cc5c34)c(-c3nc(-c4ccccc4)nc(-c4ccccc4)n3)c2)cc1. The molecular weight excluding hydrogens is 687 g/mol. The van der Waals surface area contributed by atoms with Crippen molar-refractivity contribution in [3.05, 3.63) is 188 Å². The summed E-state index contributed by atoms with van der Waals surface area (Å²) in [7, 11) is 0. The zero-order valence-electron chi connectivity index (χ0n) is 30.0. The minimum atomic E-state index is 0.536. The van der Waals surface area contributed by atoms with Crippen molar-refractivity contribution in [1.29, 1.82) is 0 Å². The second-order valence-corrected chi connectivity index (χ2v) is 13.9. The van der Waals surface area contributed by atoms with Crippen LogP contribution < -0.4 is 0 Å². The van der Waals surface area contributed by atoms with Gasteiger partial charge in [0.05, 0.1) is 16.7 Å². The number of benzene rings is 7. The van der Waals surface area contributed by atoms with Gasteiger partial charge in [-0.1, -0.05) is 140 Å². The van der Waals surface area contributed by atoms with Gasteiger partial charge in [-0.25, -0.2) is 15.0 Å². The molecule has 0 saturated heterocycles. The minimum absolute atomic E-state index is 0.536. The van der Waals surface area contributed by atoms with Gasteiger partial charge in [0.1, 0.15) is 11.2 Å². The maximum Gasteiger partial charge on any atom is 0.166 e. The summed E-state index contributed by atoms with van der Waals surface area (Å²) in [5.74, 6) is 1.72. The summed E-state index contributed by atoms with van der Waals surface area (Å²) in [4.78, 5) is 20.6. The van der Waals surface area contributed by atoms with Crippen molar-refractivity contribution in [2.75, 3.05) is 0 Å². The van der Waals surface area contributed by atoms with Crippen molar-refractivity contribution in [1.82, 2.24) is 24.5 Å². The number of pyridine rings is 1. The molecule has 4 heterocycles. The average Bonchev–Trinajstić information content (AvgIpc) is 3.81. The number of nitrogens with zero attached hydrogens (tertiary/aromatic N) is 5. The van der Waals surface area contributed by atoms with Crippen LogP contribution in [0.1, 0.15) is 0 Å². The lowest BCUT2D eigenvalue weighted by molar-refractivity contribution is 0.669. The Kier molecular flexibility index (Phi) is 7.38. The van der Waals surface area contributed by atoms with Gasteiger partial charge in [0.2, 0.25) is 0 Å². The Bertz CT molecular complexity index is 3170. The zero-order valence-corrected chi connectivity index (χ0v) is 30.0. The maximum absolute atomic E-state index is 6.70. The third-order valence-corrected chi connectivity index (χ3v) is 10.5. The first kappa shape index (κ1) is 31.8. The lowest BCUT2D eigenvalue weighted by atomic mass is 9.96. The van der Waals surface area contributed by atoms with E-state index in [0.717, 1.165) is 83.1 Å². The molecule has 0 amide bonds. The summed E-state index contributed by atoms with van der Waals surface area (Å²) in [5.41, 5.74) is 11.3. The molecular formula is C50H31N5O. The first-order valence-electron chi connectivity index (χ1n) is 18.6. The zero-order chi connectivity index (χ0) is 37.0. The molecule has 6 heteroatoms. The standard InChI is InChI=1S/C50H31N5O/c1-5-16-32(17-6-1)35-28-41(50-53-48(33-18-7-2-8-19-33)52-49(54-50)34-20-9-3-10-21-34)47(51-31-35)38-25-15-27-44-46(38)40-29-43-39(30-45(40)56-44)37-24-13-14-26-42(37)55(43)36-22-11-4-12-23-36/h1-31H. The second-order valence-electron chi connectivity index (χ2n) is 13.9. The van der Waals surface area contributed by atoms with Gasteiger partial charge in [0.25, 0.3) is 0 Å². The minimum Gasteiger partial charge on any atom is -0.456 e. The van der Waals surface area contributed by atoms with Gasteiger partial charge < -0.3 is 8.98 Å².